The smallest absolute Gasteiger partial charge is 0.284 e. The summed E-state index contributed by atoms with van der Waals surface area (Å²) in [4.78, 5) is 24.1. The summed E-state index contributed by atoms with van der Waals surface area (Å²) in [6.45, 7) is 0. The van der Waals surface area contributed by atoms with E-state index in [2.05, 4.69) is 0 Å². The summed E-state index contributed by atoms with van der Waals surface area (Å²) in [5.74, 6) is -0.0154. The van der Waals surface area contributed by atoms with E-state index < -0.39 is 10.7 Å². The topological polar surface area (TPSA) is 81.9 Å². The lowest BCUT2D eigenvalue weighted by molar-refractivity contribution is -0.385. The molecule has 0 bridgehead atoms. The Balaban J connectivity index is 3.36. The van der Waals surface area contributed by atoms with Gasteiger partial charge < -0.3 is 14.4 Å². The molecule has 0 aliphatic carbocycles. The minimum absolute atomic E-state index is 0.0502. The molecule has 108 valence electrons. The van der Waals surface area contributed by atoms with E-state index >= 15 is 0 Å². The van der Waals surface area contributed by atoms with Crippen LogP contribution < -0.4 is 9.47 Å². The number of rotatable bonds is 6. The number of carbonyl (C=O) groups excluding carboxylic acids is 1. The van der Waals surface area contributed by atoms with Crippen molar-refractivity contribution in [3.8, 4) is 11.5 Å². The molecule has 0 saturated carbocycles. The van der Waals surface area contributed by atoms with Gasteiger partial charge in [-0.2, -0.15) is 0 Å². The number of nitrogens with zero attached hydrogens (tertiary/aromatic N) is 2. The van der Waals surface area contributed by atoms with Gasteiger partial charge in [0, 0.05) is 32.4 Å². The molecule has 0 aliphatic heterocycles. The first-order chi connectivity index (χ1) is 9.40. The number of benzene rings is 1. The molecule has 0 fully saturated rings. The van der Waals surface area contributed by atoms with Crippen molar-refractivity contribution < 1.29 is 19.2 Å². The number of allylic oxidation sites excluding steroid dienone is 1. The van der Waals surface area contributed by atoms with E-state index in [0.717, 1.165) is 0 Å². The fourth-order valence-electron chi connectivity index (χ4n) is 1.52. The van der Waals surface area contributed by atoms with Gasteiger partial charge in [0.05, 0.1) is 25.2 Å². The Labute approximate surface area is 116 Å². The fourth-order valence-corrected chi connectivity index (χ4v) is 1.52. The fraction of sp³-hybridized carbons (Fsp3) is 0.308. The van der Waals surface area contributed by atoms with Crippen LogP contribution in [0.3, 0.4) is 0 Å². The van der Waals surface area contributed by atoms with Crippen LogP contribution in [0, 0.1) is 10.1 Å². The zero-order valence-corrected chi connectivity index (χ0v) is 11.7. The van der Waals surface area contributed by atoms with E-state index in [-0.39, 0.29) is 22.7 Å². The predicted molar refractivity (Wildman–Crippen MR) is 73.4 cm³/mol. The minimum atomic E-state index is -0.626. The summed E-state index contributed by atoms with van der Waals surface area (Å²) < 4.78 is 10.0. The number of ether oxygens (including phenoxy) is 2. The summed E-state index contributed by atoms with van der Waals surface area (Å²) in [5, 5.41) is 11.1. The molecular formula is C13H16N2O5. The summed E-state index contributed by atoms with van der Waals surface area (Å²) in [6, 6.07) is 2.48. The molecule has 0 radical (unpaired) electrons. The maximum atomic E-state index is 12.0. The molecule has 1 aromatic rings. The SMILES string of the molecule is COc1cc(C(=O)/C=C/N(C)C)c([N+](=O)[O-])cc1OC. The third kappa shape index (κ3) is 3.47. The van der Waals surface area contributed by atoms with Gasteiger partial charge in [-0.3, -0.25) is 14.9 Å². The van der Waals surface area contributed by atoms with Crippen molar-refractivity contribution >= 4 is 11.5 Å². The number of nitro groups is 1. The first kappa shape index (κ1) is 15.5. The minimum Gasteiger partial charge on any atom is -0.493 e. The molecule has 1 aromatic carbocycles. The van der Waals surface area contributed by atoms with E-state index in [9.17, 15) is 14.9 Å². The predicted octanol–water partition coefficient (Wildman–Crippen LogP) is 1.87. The van der Waals surface area contributed by atoms with Crippen molar-refractivity contribution in [3.63, 3.8) is 0 Å². The third-order valence-corrected chi connectivity index (χ3v) is 2.49. The molecule has 20 heavy (non-hydrogen) atoms. The maximum absolute atomic E-state index is 12.0. The highest BCUT2D eigenvalue weighted by molar-refractivity contribution is 6.07. The number of methoxy groups -OCH3 is 2. The van der Waals surface area contributed by atoms with Gasteiger partial charge in [0.25, 0.3) is 5.69 Å². The molecule has 0 heterocycles. The van der Waals surface area contributed by atoms with Crippen LogP contribution in [-0.4, -0.2) is 43.9 Å². The second kappa shape index (κ2) is 6.55. The van der Waals surface area contributed by atoms with Crippen molar-refractivity contribution in [2.75, 3.05) is 28.3 Å². The van der Waals surface area contributed by atoms with Crippen molar-refractivity contribution in [1.29, 1.82) is 0 Å². The average Bonchev–Trinajstić information content (AvgIpc) is 2.42. The van der Waals surface area contributed by atoms with E-state index in [0.29, 0.717) is 0 Å². The van der Waals surface area contributed by atoms with Gasteiger partial charge in [-0.15, -0.1) is 0 Å². The van der Waals surface area contributed by atoms with E-state index in [1.165, 1.54) is 38.6 Å². The van der Waals surface area contributed by atoms with Gasteiger partial charge in [0.15, 0.2) is 17.3 Å². The van der Waals surface area contributed by atoms with Gasteiger partial charge in [-0.1, -0.05) is 0 Å². The summed E-state index contributed by atoms with van der Waals surface area (Å²) in [5.41, 5.74) is -0.373. The van der Waals surface area contributed by atoms with Gasteiger partial charge in [0.2, 0.25) is 0 Å². The molecule has 0 unspecified atom stereocenters. The average molecular weight is 280 g/mol. The highest BCUT2D eigenvalue weighted by Gasteiger charge is 2.23. The van der Waals surface area contributed by atoms with Crippen LogP contribution in [0.25, 0.3) is 0 Å². The van der Waals surface area contributed by atoms with Gasteiger partial charge in [-0.25, -0.2) is 0 Å². The van der Waals surface area contributed by atoms with Crippen LogP contribution in [0.5, 0.6) is 11.5 Å². The Morgan fingerprint density at radius 2 is 1.80 bits per heavy atom. The Morgan fingerprint density at radius 3 is 2.25 bits per heavy atom. The van der Waals surface area contributed by atoms with Crippen molar-refractivity contribution in [2.45, 2.75) is 0 Å². The molecule has 0 aliphatic rings. The number of nitro benzene ring substituents is 1. The Hall–Kier alpha value is -2.57. The lowest BCUT2D eigenvalue weighted by atomic mass is 10.1. The van der Waals surface area contributed by atoms with Crippen LogP contribution in [0.1, 0.15) is 10.4 Å². The van der Waals surface area contributed by atoms with E-state index in [1.54, 1.807) is 19.0 Å². The molecule has 0 spiro atoms. The Kier molecular flexibility index (Phi) is 5.08. The molecular weight excluding hydrogens is 264 g/mol. The maximum Gasteiger partial charge on any atom is 0.284 e. The number of hydrogen-bond acceptors (Lipinski definition) is 6. The number of ketones is 1. The Morgan fingerprint density at radius 1 is 1.25 bits per heavy atom. The van der Waals surface area contributed by atoms with Crippen LogP contribution >= 0.6 is 0 Å². The quantitative estimate of drug-likeness (QED) is 0.342. The third-order valence-electron chi connectivity index (χ3n) is 2.49. The lowest BCUT2D eigenvalue weighted by Crippen LogP contribution is -2.06. The standard InChI is InChI=1S/C13H16N2O5/c1-14(2)6-5-11(16)9-7-12(19-3)13(20-4)8-10(9)15(17)18/h5-8H,1-4H3/b6-5+. The van der Waals surface area contributed by atoms with Crippen LogP contribution in [-0.2, 0) is 0 Å². The van der Waals surface area contributed by atoms with Crippen LogP contribution in [0.2, 0.25) is 0 Å². The molecule has 0 amide bonds. The summed E-state index contributed by atoms with van der Waals surface area (Å²) >= 11 is 0. The van der Waals surface area contributed by atoms with E-state index in [4.69, 9.17) is 9.47 Å². The normalized spacial score (nSPS) is 10.4. The highest BCUT2D eigenvalue weighted by Crippen LogP contribution is 2.34. The Bertz CT molecular complexity index is 552. The summed E-state index contributed by atoms with van der Waals surface area (Å²) in [6.07, 6.45) is 2.77. The number of carbonyl (C=O) groups is 1. The summed E-state index contributed by atoms with van der Waals surface area (Å²) in [7, 11) is 6.25. The molecule has 0 aromatic heterocycles. The molecule has 7 nitrogen and oxygen atoms in total. The van der Waals surface area contributed by atoms with Gasteiger partial charge in [0.1, 0.15) is 5.56 Å². The second-order valence-corrected chi connectivity index (χ2v) is 4.13. The van der Waals surface area contributed by atoms with Crippen molar-refractivity contribution in [1.82, 2.24) is 4.90 Å². The molecule has 0 atom stereocenters. The monoisotopic (exact) mass is 280 g/mol. The first-order valence-electron chi connectivity index (χ1n) is 5.70. The van der Waals surface area contributed by atoms with E-state index in [1.807, 2.05) is 0 Å². The molecule has 0 N–H and O–H groups in total. The number of hydrogen-bond donors (Lipinski definition) is 0. The molecule has 1 rings (SSSR count). The largest absolute Gasteiger partial charge is 0.493 e. The van der Waals surface area contributed by atoms with Gasteiger partial charge >= 0.3 is 0 Å². The zero-order valence-electron chi connectivity index (χ0n) is 11.7. The van der Waals surface area contributed by atoms with Crippen LogP contribution in [0.15, 0.2) is 24.4 Å². The zero-order chi connectivity index (χ0) is 15.3. The van der Waals surface area contributed by atoms with Crippen molar-refractivity contribution in [2.24, 2.45) is 0 Å². The molecule has 0 saturated heterocycles. The van der Waals surface area contributed by atoms with Gasteiger partial charge in [-0.05, 0) is 0 Å². The lowest BCUT2D eigenvalue weighted by Gasteiger charge is -2.09. The second-order valence-electron chi connectivity index (χ2n) is 4.13. The van der Waals surface area contributed by atoms with Crippen LogP contribution in [0.4, 0.5) is 5.69 Å². The van der Waals surface area contributed by atoms with Crippen molar-refractivity contribution in [3.05, 3.63) is 40.1 Å². The highest BCUT2D eigenvalue weighted by atomic mass is 16.6. The molecule has 7 heteroatoms. The first-order valence-corrected chi connectivity index (χ1v) is 5.70.